The Hall–Kier alpha value is -2.93. The standard InChI is InChI=1S/C23H25N5OS/c1-15(2)12-24-20(29)14-30-23-25-22-21(26-27-23)18-9-4-5-10-19(18)28(22)13-17-8-6-7-16(3)11-17/h4-11,15H,12-14H2,1-3H3,(H,24,29). The van der Waals surface area contributed by atoms with Crippen LogP contribution in [0.1, 0.15) is 25.0 Å². The summed E-state index contributed by atoms with van der Waals surface area (Å²) in [6.45, 7) is 7.60. The van der Waals surface area contributed by atoms with Gasteiger partial charge in [0, 0.05) is 18.5 Å². The van der Waals surface area contributed by atoms with Crippen molar-refractivity contribution in [2.45, 2.75) is 32.5 Å². The van der Waals surface area contributed by atoms with Crippen LogP contribution in [0.5, 0.6) is 0 Å². The van der Waals surface area contributed by atoms with Crippen LogP contribution in [0, 0.1) is 12.8 Å². The van der Waals surface area contributed by atoms with Crippen LogP contribution >= 0.6 is 11.8 Å². The Labute approximate surface area is 180 Å². The van der Waals surface area contributed by atoms with Gasteiger partial charge in [-0.2, -0.15) is 0 Å². The lowest BCUT2D eigenvalue weighted by Crippen LogP contribution is -2.28. The number of para-hydroxylation sites is 1. The zero-order valence-corrected chi connectivity index (χ0v) is 18.2. The summed E-state index contributed by atoms with van der Waals surface area (Å²) in [7, 11) is 0. The number of nitrogens with zero attached hydrogens (tertiary/aromatic N) is 4. The first-order valence-corrected chi connectivity index (χ1v) is 11.1. The molecule has 2 aromatic heterocycles. The van der Waals surface area contributed by atoms with E-state index in [1.807, 2.05) is 18.2 Å². The Bertz CT molecular complexity index is 1200. The molecule has 154 valence electrons. The fraction of sp³-hybridized carbons (Fsp3) is 0.304. The Morgan fingerprint density at radius 1 is 1.13 bits per heavy atom. The van der Waals surface area contributed by atoms with Gasteiger partial charge in [-0.15, -0.1) is 10.2 Å². The Morgan fingerprint density at radius 2 is 1.97 bits per heavy atom. The lowest BCUT2D eigenvalue weighted by Gasteiger charge is -2.08. The van der Waals surface area contributed by atoms with Gasteiger partial charge in [-0.05, 0) is 24.5 Å². The topological polar surface area (TPSA) is 72.7 Å². The minimum absolute atomic E-state index is 0.0160. The van der Waals surface area contributed by atoms with E-state index in [2.05, 4.69) is 71.2 Å². The van der Waals surface area contributed by atoms with Gasteiger partial charge in [0.25, 0.3) is 0 Å². The average Bonchev–Trinajstić information content (AvgIpc) is 3.04. The molecular formula is C23H25N5OS. The zero-order valence-electron chi connectivity index (χ0n) is 17.4. The van der Waals surface area contributed by atoms with E-state index in [1.54, 1.807) is 0 Å². The van der Waals surface area contributed by atoms with Gasteiger partial charge >= 0.3 is 0 Å². The first-order valence-electron chi connectivity index (χ1n) is 10.1. The number of thioether (sulfide) groups is 1. The van der Waals surface area contributed by atoms with Crippen molar-refractivity contribution in [3.63, 3.8) is 0 Å². The molecule has 0 saturated carbocycles. The van der Waals surface area contributed by atoms with Crippen molar-refractivity contribution in [2.75, 3.05) is 12.3 Å². The summed E-state index contributed by atoms with van der Waals surface area (Å²) in [4.78, 5) is 16.8. The number of aromatic nitrogens is 4. The largest absolute Gasteiger partial charge is 0.355 e. The van der Waals surface area contributed by atoms with Crippen LogP contribution in [0.4, 0.5) is 0 Å². The molecule has 2 aromatic carbocycles. The molecule has 0 aliphatic heterocycles. The first kappa shape index (κ1) is 20.3. The third-order valence-corrected chi connectivity index (χ3v) is 5.66. The van der Waals surface area contributed by atoms with Crippen molar-refractivity contribution in [3.8, 4) is 0 Å². The molecule has 1 amide bonds. The number of nitrogens with one attached hydrogen (secondary N) is 1. The van der Waals surface area contributed by atoms with Crippen molar-refractivity contribution in [3.05, 3.63) is 59.7 Å². The molecule has 0 saturated heterocycles. The third kappa shape index (κ3) is 4.46. The second-order valence-electron chi connectivity index (χ2n) is 7.85. The van der Waals surface area contributed by atoms with Crippen molar-refractivity contribution in [2.24, 2.45) is 5.92 Å². The molecular weight excluding hydrogens is 394 g/mol. The molecule has 4 rings (SSSR count). The molecule has 6 nitrogen and oxygen atoms in total. The highest BCUT2D eigenvalue weighted by molar-refractivity contribution is 7.99. The van der Waals surface area contributed by atoms with E-state index in [0.717, 1.165) is 22.1 Å². The van der Waals surface area contributed by atoms with E-state index in [9.17, 15) is 4.79 Å². The Kier molecular flexibility index (Phi) is 5.99. The summed E-state index contributed by atoms with van der Waals surface area (Å²) in [5.74, 6) is 0.682. The van der Waals surface area contributed by atoms with Gasteiger partial charge in [0.1, 0.15) is 5.52 Å². The number of rotatable bonds is 7. The molecule has 30 heavy (non-hydrogen) atoms. The van der Waals surface area contributed by atoms with Crippen LogP contribution in [0.15, 0.2) is 53.7 Å². The molecule has 0 spiro atoms. The van der Waals surface area contributed by atoms with Crippen molar-refractivity contribution >= 4 is 39.7 Å². The predicted octanol–water partition coefficient (Wildman–Crippen LogP) is 4.20. The number of fused-ring (bicyclic) bond motifs is 3. The van der Waals surface area contributed by atoms with Crippen LogP contribution in [0.2, 0.25) is 0 Å². The maximum Gasteiger partial charge on any atom is 0.230 e. The molecule has 0 radical (unpaired) electrons. The van der Waals surface area contributed by atoms with E-state index < -0.39 is 0 Å². The lowest BCUT2D eigenvalue weighted by molar-refractivity contribution is -0.118. The molecule has 7 heteroatoms. The zero-order chi connectivity index (χ0) is 21.1. The number of amides is 1. The number of carbonyl (C=O) groups is 1. The van der Waals surface area contributed by atoms with Gasteiger partial charge in [0.15, 0.2) is 5.65 Å². The predicted molar refractivity (Wildman–Crippen MR) is 122 cm³/mol. The van der Waals surface area contributed by atoms with Gasteiger partial charge in [-0.1, -0.05) is 73.6 Å². The van der Waals surface area contributed by atoms with E-state index in [4.69, 9.17) is 4.98 Å². The second kappa shape index (κ2) is 8.83. The average molecular weight is 420 g/mol. The quantitative estimate of drug-likeness (QED) is 0.455. The fourth-order valence-corrected chi connectivity index (χ4v) is 4.01. The lowest BCUT2D eigenvalue weighted by atomic mass is 10.1. The molecule has 0 fully saturated rings. The number of carbonyl (C=O) groups excluding carboxylic acids is 1. The molecule has 4 aromatic rings. The Balaban J connectivity index is 1.66. The minimum Gasteiger partial charge on any atom is -0.355 e. The second-order valence-corrected chi connectivity index (χ2v) is 8.79. The highest BCUT2D eigenvalue weighted by Gasteiger charge is 2.16. The van der Waals surface area contributed by atoms with Crippen molar-refractivity contribution < 1.29 is 4.79 Å². The number of benzene rings is 2. The molecule has 0 bridgehead atoms. The van der Waals surface area contributed by atoms with E-state index in [0.29, 0.717) is 24.2 Å². The monoisotopic (exact) mass is 419 g/mol. The van der Waals surface area contributed by atoms with E-state index >= 15 is 0 Å². The van der Waals surface area contributed by atoms with Crippen molar-refractivity contribution in [1.82, 2.24) is 25.1 Å². The van der Waals surface area contributed by atoms with E-state index in [-0.39, 0.29) is 11.7 Å². The molecule has 0 aliphatic rings. The maximum atomic E-state index is 12.1. The molecule has 2 heterocycles. The van der Waals surface area contributed by atoms with Gasteiger partial charge in [0.05, 0.1) is 11.3 Å². The highest BCUT2D eigenvalue weighted by Crippen LogP contribution is 2.28. The van der Waals surface area contributed by atoms with Crippen LogP contribution in [0.25, 0.3) is 22.1 Å². The third-order valence-electron chi connectivity index (χ3n) is 4.82. The van der Waals surface area contributed by atoms with Gasteiger partial charge in [0.2, 0.25) is 11.1 Å². The maximum absolute atomic E-state index is 12.1. The molecule has 0 aliphatic carbocycles. The molecule has 0 unspecified atom stereocenters. The van der Waals surface area contributed by atoms with Crippen LogP contribution in [-0.2, 0) is 11.3 Å². The van der Waals surface area contributed by atoms with Gasteiger partial charge in [-0.3, -0.25) is 4.79 Å². The number of hydrogen-bond acceptors (Lipinski definition) is 5. The highest BCUT2D eigenvalue weighted by atomic mass is 32.2. The SMILES string of the molecule is Cc1cccc(Cn2c3ccccc3c3nnc(SCC(=O)NCC(C)C)nc32)c1. The minimum atomic E-state index is -0.0160. The normalized spacial score (nSPS) is 11.5. The fourth-order valence-electron chi connectivity index (χ4n) is 3.40. The summed E-state index contributed by atoms with van der Waals surface area (Å²) in [6, 6.07) is 16.6. The van der Waals surface area contributed by atoms with E-state index in [1.165, 1.54) is 22.9 Å². The first-order chi connectivity index (χ1) is 14.5. The van der Waals surface area contributed by atoms with Gasteiger partial charge in [-0.25, -0.2) is 4.98 Å². The van der Waals surface area contributed by atoms with Crippen LogP contribution < -0.4 is 5.32 Å². The van der Waals surface area contributed by atoms with Crippen LogP contribution in [0.3, 0.4) is 0 Å². The number of hydrogen-bond donors (Lipinski definition) is 1. The van der Waals surface area contributed by atoms with Gasteiger partial charge < -0.3 is 9.88 Å². The Morgan fingerprint density at radius 3 is 2.77 bits per heavy atom. The summed E-state index contributed by atoms with van der Waals surface area (Å²) in [6.07, 6.45) is 0. The van der Waals surface area contributed by atoms with Crippen LogP contribution in [-0.4, -0.2) is 38.0 Å². The smallest absolute Gasteiger partial charge is 0.230 e. The number of aryl methyl sites for hydroxylation is 1. The summed E-state index contributed by atoms with van der Waals surface area (Å²) in [5.41, 5.74) is 5.08. The van der Waals surface area contributed by atoms with Crippen molar-refractivity contribution in [1.29, 1.82) is 0 Å². The summed E-state index contributed by atoms with van der Waals surface area (Å²) >= 11 is 1.31. The molecule has 0 atom stereocenters. The summed E-state index contributed by atoms with van der Waals surface area (Å²) in [5, 5.41) is 13.2. The molecule has 1 N–H and O–H groups in total. The summed E-state index contributed by atoms with van der Waals surface area (Å²) < 4.78 is 2.18.